The number of piperazine rings is 1. The highest BCUT2D eigenvalue weighted by Crippen LogP contribution is 2.17. The molecule has 1 saturated heterocycles. The molecule has 0 saturated carbocycles. The van der Waals surface area contributed by atoms with Crippen molar-refractivity contribution in [3.8, 4) is 11.8 Å². The van der Waals surface area contributed by atoms with E-state index in [1.54, 1.807) is 65.3 Å². The van der Waals surface area contributed by atoms with Gasteiger partial charge in [0.1, 0.15) is 5.75 Å². The highest BCUT2D eigenvalue weighted by molar-refractivity contribution is 6.30. The number of ether oxygens (including phenoxy) is 1. The third kappa shape index (κ3) is 4.62. The Morgan fingerprint density at radius 2 is 1.71 bits per heavy atom. The van der Waals surface area contributed by atoms with Gasteiger partial charge in [0.15, 0.2) is 6.10 Å². The maximum Gasteiger partial charge on any atom is 0.263 e. The number of benzene rings is 2. The van der Waals surface area contributed by atoms with Crippen molar-refractivity contribution in [1.82, 2.24) is 9.80 Å². The minimum Gasteiger partial charge on any atom is -0.481 e. The Kier molecular flexibility index (Phi) is 6.17. The topological polar surface area (TPSA) is 73.6 Å². The van der Waals surface area contributed by atoms with Gasteiger partial charge in [0.2, 0.25) is 0 Å². The Bertz CT molecular complexity index is 900. The number of carbonyl (C=O) groups is 2. The molecule has 2 aromatic rings. The van der Waals surface area contributed by atoms with Gasteiger partial charge in [-0.15, -0.1) is 0 Å². The summed E-state index contributed by atoms with van der Waals surface area (Å²) in [5, 5.41) is 9.35. The summed E-state index contributed by atoms with van der Waals surface area (Å²) in [5.41, 5.74) is 1.08. The van der Waals surface area contributed by atoms with Gasteiger partial charge in [-0.3, -0.25) is 9.59 Å². The summed E-state index contributed by atoms with van der Waals surface area (Å²) < 4.78 is 5.69. The lowest BCUT2D eigenvalue weighted by molar-refractivity contribution is -0.139. The van der Waals surface area contributed by atoms with Gasteiger partial charge in [-0.05, 0) is 49.4 Å². The fourth-order valence-corrected chi connectivity index (χ4v) is 3.24. The third-order valence-electron chi connectivity index (χ3n) is 4.59. The SMILES string of the molecule is CC(Oc1ccc(C#N)cc1)C(=O)N1CCN(C(=O)c2cccc(Cl)c2)CC1. The molecule has 0 bridgehead atoms. The summed E-state index contributed by atoms with van der Waals surface area (Å²) in [7, 11) is 0. The quantitative estimate of drug-likeness (QED) is 0.795. The Morgan fingerprint density at radius 3 is 2.32 bits per heavy atom. The van der Waals surface area contributed by atoms with E-state index in [0.29, 0.717) is 48.1 Å². The predicted octanol–water partition coefficient (Wildman–Crippen LogP) is 2.96. The van der Waals surface area contributed by atoms with Crippen LogP contribution in [0.3, 0.4) is 0 Å². The van der Waals surface area contributed by atoms with Crippen LogP contribution in [-0.4, -0.2) is 53.9 Å². The lowest BCUT2D eigenvalue weighted by Crippen LogP contribution is -2.53. The number of halogens is 1. The monoisotopic (exact) mass is 397 g/mol. The standard InChI is InChI=1S/C21H20ClN3O3/c1-15(28-19-7-5-16(14-23)6-8-19)20(26)24-9-11-25(12-10-24)21(27)17-3-2-4-18(22)13-17/h2-8,13,15H,9-12H2,1H3. The average Bonchev–Trinajstić information content (AvgIpc) is 2.73. The molecular weight excluding hydrogens is 378 g/mol. The van der Waals surface area contributed by atoms with E-state index in [9.17, 15) is 9.59 Å². The van der Waals surface area contributed by atoms with Gasteiger partial charge in [0, 0.05) is 36.8 Å². The Balaban J connectivity index is 1.54. The number of hydrogen-bond acceptors (Lipinski definition) is 4. The number of amides is 2. The van der Waals surface area contributed by atoms with Gasteiger partial charge in [-0.2, -0.15) is 5.26 Å². The molecule has 0 aliphatic carbocycles. The first kappa shape index (κ1) is 19.7. The van der Waals surface area contributed by atoms with Crippen molar-refractivity contribution >= 4 is 23.4 Å². The van der Waals surface area contributed by atoms with Crippen LogP contribution in [0.4, 0.5) is 0 Å². The minimum atomic E-state index is -0.650. The van der Waals surface area contributed by atoms with Gasteiger partial charge in [0.25, 0.3) is 11.8 Å². The molecule has 6 nitrogen and oxygen atoms in total. The molecule has 0 spiro atoms. The Hall–Kier alpha value is -3.04. The first-order chi connectivity index (χ1) is 13.5. The zero-order valence-corrected chi connectivity index (χ0v) is 16.2. The van der Waals surface area contributed by atoms with Crippen molar-refractivity contribution in [3.05, 3.63) is 64.7 Å². The molecular formula is C21H20ClN3O3. The fraction of sp³-hybridized carbons (Fsp3) is 0.286. The summed E-state index contributed by atoms with van der Waals surface area (Å²) in [5.74, 6) is 0.324. The maximum atomic E-state index is 12.6. The van der Waals surface area contributed by atoms with E-state index in [0.717, 1.165) is 0 Å². The van der Waals surface area contributed by atoms with E-state index in [-0.39, 0.29) is 11.8 Å². The predicted molar refractivity (Wildman–Crippen MR) is 105 cm³/mol. The van der Waals surface area contributed by atoms with Crippen molar-refractivity contribution in [2.45, 2.75) is 13.0 Å². The molecule has 28 heavy (non-hydrogen) atoms. The Labute approximate surface area is 168 Å². The molecule has 1 unspecified atom stereocenters. The summed E-state index contributed by atoms with van der Waals surface area (Å²) in [4.78, 5) is 28.6. The second-order valence-corrected chi connectivity index (χ2v) is 6.96. The van der Waals surface area contributed by atoms with E-state index in [4.69, 9.17) is 21.6 Å². The molecule has 1 aliphatic rings. The van der Waals surface area contributed by atoms with Gasteiger partial charge < -0.3 is 14.5 Å². The number of nitrogens with zero attached hydrogens (tertiary/aromatic N) is 3. The van der Waals surface area contributed by atoms with E-state index in [1.165, 1.54) is 0 Å². The molecule has 7 heteroatoms. The molecule has 144 valence electrons. The van der Waals surface area contributed by atoms with E-state index in [1.807, 2.05) is 6.07 Å². The van der Waals surface area contributed by atoms with Crippen molar-refractivity contribution in [2.75, 3.05) is 26.2 Å². The molecule has 1 atom stereocenters. The third-order valence-corrected chi connectivity index (χ3v) is 4.83. The molecule has 2 amide bonds. The van der Waals surface area contributed by atoms with Crippen molar-refractivity contribution in [3.63, 3.8) is 0 Å². The summed E-state index contributed by atoms with van der Waals surface area (Å²) in [6.45, 7) is 3.52. The summed E-state index contributed by atoms with van der Waals surface area (Å²) >= 11 is 5.96. The van der Waals surface area contributed by atoms with Crippen LogP contribution in [0.15, 0.2) is 48.5 Å². The van der Waals surface area contributed by atoms with Gasteiger partial charge >= 0.3 is 0 Å². The van der Waals surface area contributed by atoms with Crippen LogP contribution >= 0.6 is 11.6 Å². The second-order valence-electron chi connectivity index (χ2n) is 6.52. The highest BCUT2D eigenvalue weighted by Gasteiger charge is 2.28. The molecule has 1 aliphatic heterocycles. The molecule has 0 aromatic heterocycles. The number of carbonyl (C=O) groups excluding carboxylic acids is 2. The van der Waals surface area contributed by atoms with Gasteiger partial charge in [-0.1, -0.05) is 17.7 Å². The lowest BCUT2D eigenvalue weighted by atomic mass is 10.1. The largest absolute Gasteiger partial charge is 0.481 e. The maximum absolute atomic E-state index is 12.6. The normalized spacial score (nSPS) is 14.9. The molecule has 1 fully saturated rings. The van der Waals surface area contributed by atoms with Crippen LogP contribution in [-0.2, 0) is 4.79 Å². The molecule has 0 radical (unpaired) electrons. The Morgan fingerprint density at radius 1 is 1.07 bits per heavy atom. The molecule has 3 rings (SSSR count). The van der Waals surface area contributed by atoms with Crippen LogP contribution in [0, 0.1) is 11.3 Å². The van der Waals surface area contributed by atoms with Crippen LogP contribution in [0.5, 0.6) is 5.75 Å². The van der Waals surface area contributed by atoms with Crippen molar-refractivity contribution < 1.29 is 14.3 Å². The van der Waals surface area contributed by atoms with E-state index < -0.39 is 6.10 Å². The zero-order chi connectivity index (χ0) is 20.1. The number of rotatable bonds is 4. The zero-order valence-electron chi connectivity index (χ0n) is 15.5. The van der Waals surface area contributed by atoms with Crippen LogP contribution in [0.2, 0.25) is 5.02 Å². The smallest absolute Gasteiger partial charge is 0.263 e. The minimum absolute atomic E-state index is 0.0866. The van der Waals surface area contributed by atoms with E-state index in [2.05, 4.69) is 0 Å². The van der Waals surface area contributed by atoms with E-state index >= 15 is 0 Å². The lowest BCUT2D eigenvalue weighted by Gasteiger charge is -2.36. The van der Waals surface area contributed by atoms with Crippen LogP contribution in [0.1, 0.15) is 22.8 Å². The van der Waals surface area contributed by atoms with Gasteiger partial charge in [0.05, 0.1) is 11.6 Å². The summed E-state index contributed by atoms with van der Waals surface area (Å²) in [6, 6.07) is 15.5. The first-order valence-electron chi connectivity index (χ1n) is 8.98. The molecule has 1 heterocycles. The highest BCUT2D eigenvalue weighted by atomic mass is 35.5. The number of hydrogen-bond donors (Lipinski definition) is 0. The van der Waals surface area contributed by atoms with Crippen molar-refractivity contribution in [1.29, 1.82) is 5.26 Å². The van der Waals surface area contributed by atoms with Crippen molar-refractivity contribution in [2.24, 2.45) is 0 Å². The second kappa shape index (κ2) is 8.77. The average molecular weight is 398 g/mol. The van der Waals surface area contributed by atoms with Gasteiger partial charge in [-0.25, -0.2) is 0 Å². The number of nitriles is 1. The van der Waals surface area contributed by atoms with Crippen LogP contribution < -0.4 is 4.74 Å². The molecule has 2 aromatic carbocycles. The fourth-order valence-electron chi connectivity index (χ4n) is 3.05. The first-order valence-corrected chi connectivity index (χ1v) is 9.36. The molecule has 0 N–H and O–H groups in total. The van der Waals surface area contributed by atoms with Crippen LogP contribution in [0.25, 0.3) is 0 Å². The summed E-state index contributed by atoms with van der Waals surface area (Å²) in [6.07, 6.45) is -0.650.